The third-order valence-electron chi connectivity index (χ3n) is 4.35. The highest BCUT2D eigenvalue weighted by Crippen LogP contribution is 2.26. The number of rotatable bonds is 5. The lowest BCUT2D eigenvalue weighted by Gasteiger charge is -2.33. The zero-order valence-corrected chi connectivity index (χ0v) is 12.4. The highest BCUT2D eigenvalue weighted by Gasteiger charge is 2.35. The number of benzene rings is 1. The van der Waals surface area contributed by atoms with Crippen molar-refractivity contribution in [2.45, 2.75) is 63.5 Å². The molecule has 1 saturated carbocycles. The van der Waals surface area contributed by atoms with E-state index in [9.17, 15) is 4.79 Å². The summed E-state index contributed by atoms with van der Waals surface area (Å²) >= 11 is 0. The molecule has 3 heteroatoms. The summed E-state index contributed by atoms with van der Waals surface area (Å²) in [6.07, 6.45) is 6.78. The minimum atomic E-state index is -0.637. The molecule has 1 amide bonds. The van der Waals surface area contributed by atoms with Gasteiger partial charge < -0.3 is 11.1 Å². The molecule has 0 aliphatic heterocycles. The van der Waals surface area contributed by atoms with Crippen molar-refractivity contribution in [2.24, 2.45) is 5.73 Å². The second-order valence-corrected chi connectivity index (χ2v) is 5.99. The highest BCUT2D eigenvalue weighted by atomic mass is 16.2. The maximum atomic E-state index is 12.4. The first-order valence-corrected chi connectivity index (χ1v) is 7.78. The maximum Gasteiger partial charge on any atom is 0.240 e. The van der Waals surface area contributed by atoms with Crippen LogP contribution in [0.1, 0.15) is 51.0 Å². The van der Waals surface area contributed by atoms with Crippen LogP contribution in [-0.2, 0) is 11.2 Å². The van der Waals surface area contributed by atoms with Crippen LogP contribution >= 0.6 is 0 Å². The lowest BCUT2D eigenvalue weighted by molar-refractivity contribution is -0.128. The van der Waals surface area contributed by atoms with Gasteiger partial charge in [0.05, 0.1) is 5.54 Å². The summed E-state index contributed by atoms with van der Waals surface area (Å²) in [6.45, 7) is 2.11. The second kappa shape index (κ2) is 6.89. The predicted molar refractivity (Wildman–Crippen MR) is 82.4 cm³/mol. The molecule has 1 aromatic rings. The van der Waals surface area contributed by atoms with Gasteiger partial charge in [0.1, 0.15) is 0 Å². The van der Waals surface area contributed by atoms with Crippen LogP contribution in [0.15, 0.2) is 30.3 Å². The molecule has 0 saturated heterocycles. The summed E-state index contributed by atoms with van der Waals surface area (Å²) in [4.78, 5) is 12.4. The molecular weight excluding hydrogens is 248 g/mol. The first kappa shape index (κ1) is 15.0. The first-order chi connectivity index (χ1) is 9.64. The monoisotopic (exact) mass is 274 g/mol. The van der Waals surface area contributed by atoms with Crippen LogP contribution in [0.25, 0.3) is 0 Å². The SMILES string of the molecule is CCC(Cc1ccccc1)NC(=O)C1(N)CCCCC1. The Morgan fingerprint density at radius 3 is 2.50 bits per heavy atom. The van der Waals surface area contributed by atoms with Crippen molar-refractivity contribution in [2.75, 3.05) is 0 Å². The average molecular weight is 274 g/mol. The summed E-state index contributed by atoms with van der Waals surface area (Å²) in [5.41, 5.74) is 6.91. The number of nitrogens with two attached hydrogens (primary N) is 1. The van der Waals surface area contributed by atoms with Gasteiger partial charge in [0, 0.05) is 6.04 Å². The summed E-state index contributed by atoms with van der Waals surface area (Å²) in [5.74, 6) is 0.0416. The lowest BCUT2D eigenvalue weighted by Crippen LogP contribution is -2.57. The summed E-state index contributed by atoms with van der Waals surface area (Å²) < 4.78 is 0. The van der Waals surface area contributed by atoms with Gasteiger partial charge in [-0.1, -0.05) is 56.5 Å². The molecule has 0 aromatic heterocycles. The van der Waals surface area contributed by atoms with E-state index < -0.39 is 5.54 Å². The Morgan fingerprint density at radius 2 is 1.90 bits per heavy atom. The van der Waals surface area contributed by atoms with Crippen LogP contribution < -0.4 is 11.1 Å². The van der Waals surface area contributed by atoms with Crippen LogP contribution in [0.5, 0.6) is 0 Å². The molecule has 1 aromatic carbocycles. The minimum Gasteiger partial charge on any atom is -0.351 e. The molecule has 0 heterocycles. The standard InChI is InChI=1S/C17H26N2O/c1-2-15(13-14-9-5-3-6-10-14)19-16(20)17(18)11-7-4-8-12-17/h3,5-6,9-10,15H,2,4,7-8,11-13,18H2,1H3,(H,19,20). The number of carbonyl (C=O) groups is 1. The highest BCUT2D eigenvalue weighted by molar-refractivity contribution is 5.86. The number of amides is 1. The van der Waals surface area contributed by atoms with E-state index in [1.807, 2.05) is 18.2 Å². The quantitative estimate of drug-likeness (QED) is 0.867. The van der Waals surface area contributed by atoms with E-state index in [4.69, 9.17) is 5.73 Å². The third-order valence-corrected chi connectivity index (χ3v) is 4.35. The van der Waals surface area contributed by atoms with Gasteiger partial charge in [-0.15, -0.1) is 0 Å². The molecule has 0 bridgehead atoms. The Bertz CT molecular complexity index is 424. The van der Waals surface area contributed by atoms with E-state index in [-0.39, 0.29) is 11.9 Å². The molecule has 1 unspecified atom stereocenters. The molecule has 110 valence electrons. The van der Waals surface area contributed by atoms with E-state index in [2.05, 4.69) is 24.4 Å². The van der Waals surface area contributed by atoms with Crippen LogP contribution in [0.3, 0.4) is 0 Å². The van der Waals surface area contributed by atoms with Gasteiger partial charge in [0.25, 0.3) is 0 Å². The number of carbonyl (C=O) groups excluding carboxylic acids is 1. The smallest absolute Gasteiger partial charge is 0.240 e. The van der Waals surface area contributed by atoms with Gasteiger partial charge >= 0.3 is 0 Å². The van der Waals surface area contributed by atoms with Crippen molar-refractivity contribution < 1.29 is 4.79 Å². The van der Waals surface area contributed by atoms with Crippen LogP contribution in [-0.4, -0.2) is 17.5 Å². The number of nitrogens with one attached hydrogen (secondary N) is 1. The zero-order valence-electron chi connectivity index (χ0n) is 12.4. The van der Waals surface area contributed by atoms with Gasteiger partial charge in [-0.25, -0.2) is 0 Å². The Hall–Kier alpha value is -1.35. The molecule has 1 fully saturated rings. The van der Waals surface area contributed by atoms with Gasteiger partial charge in [-0.3, -0.25) is 4.79 Å². The normalized spacial score (nSPS) is 19.3. The Kier molecular flexibility index (Phi) is 5.18. The Balaban J connectivity index is 1.94. The van der Waals surface area contributed by atoms with Gasteiger partial charge in [-0.05, 0) is 31.2 Å². The topological polar surface area (TPSA) is 55.1 Å². The first-order valence-electron chi connectivity index (χ1n) is 7.78. The van der Waals surface area contributed by atoms with E-state index in [1.165, 1.54) is 12.0 Å². The van der Waals surface area contributed by atoms with Crippen molar-refractivity contribution in [3.63, 3.8) is 0 Å². The van der Waals surface area contributed by atoms with Crippen LogP contribution in [0.2, 0.25) is 0 Å². The van der Waals surface area contributed by atoms with Crippen molar-refractivity contribution in [1.29, 1.82) is 0 Å². The molecule has 3 nitrogen and oxygen atoms in total. The summed E-state index contributed by atoms with van der Waals surface area (Å²) in [5, 5.41) is 3.16. The van der Waals surface area contributed by atoms with Crippen molar-refractivity contribution in [3.8, 4) is 0 Å². The Morgan fingerprint density at radius 1 is 1.25 bits per heavy atom. The fourth-order valence-electron chi connectivity index (χ4n) is 2.93. The molecule has 2 rings (SSSR count). The number of hydrogen-bond acceptors (Lipinski definition) is 2. The minimum absolute atomic E-state index is 0.0416. The molecule has 1 aliphatic rings. The summed E-state index contributed by atoms with van der Waals surface area (Å²) in [6, 6.07) is 10.5. The maximum absolute atomic E-state index is 12.4. The molecule has 0 spiro atoms. The van der Waals surface area contributed by atoms with Crippen LogP contribution in [0.4, 0.5) is 0 Å². The van der Waals surface area contributed by atoms with E-state index in [1.54, 1.807) is 0 Å². The third kappa shape index (κ3) is 3.83. The molecule has 0 radical (unpaired) electrons. The molecule has 1 atom stereocenters. The molecular formula is C17H26N2O. The second-order valence-electron chi connectivity index (χ2n) is 5.99. The molecule has 3 N–H and O–H groups in total. The molecule has 1 aliphatic carbocycles. The van der Waals surface area contributed by atoms with Crippen molar-refractivity contribution in [1.82, 2.24) is 5.32 Å². The summed E-state index contributed by atoms with van der Waals surface area (Å²) in [7, 11) is 0. The van der Waals surface area contributed by atoms with E-state index >= 15 is 0 Å². The fourth-order valence-corrected chi connectivity index (χ4v) is 2.93. The van der Waals surface area contributed by atoms with Gasteiger partial charge in [-0.2, -0.15) is 0 Å². The lowest BCUT2D eigenvalue weighted by atomic mass is 9.81. The van der Waals surface area contributed by atoms with Crippen molar-refractivity contribution >= 4 is 5.91 Å². The average Bonchev–Trinajstić information content (AvgIpc) is 2.48. The fraction of sp³-hybridized carbons (Fsp3) is 0.588. The molecule has 20 heavy (non-hydrogen) atoms. The predicted octanol–water partition coefficient (Wildman–Crippen LogP) is 2.79. The van der Waals surface area contributed by atoms with Crippen molar-refractivity contribution in [3.05, 3.63) is 35.9 Å². The number of hydrogen-bond donors (Lipinski definition) is 2. The Labute approximate surface area is 121 Å². The van der Waals surface area contributed by atoms with Gasteiger partial charge in [0.15, 0.2) is 0 Å². The largest absolute Gasteiger partial charge is 0.351 e. The zero-order chi connectivity index (χ0) is 14.4. The van der Waals surface area contributed by atoms with Crippen LogP contribution in [0, 0.1) is 0 Å². The van der Waals surface area contributed by atoms with E-state index in [0.717, 1.165) is 38.5 Å². The van der Waals surface area contributed by atoms with Gasteiger partial charge in [0.2, 0.25) is 5.91 Å². The van der Waals surface area contributed by atoms with E-state index in [0.29, 0.717) is 0 Å².